The van der Waals surface area contributed by atoms with E-state index in [0.29, 0.717) is 6.61 Å². The molecular formula is C13H15NO3S. The lowest BCUT2D eigenvalue weighted by Crippen LogP contribution is -2.26. The van der Waals surface area contributed by atoms with Gasteiger partial charge >= 0.3 is 0 Å². The molecule has 2 aromatic rings. The summed E-state index contributed by atoms with van der Waals surface area (Å²) >= 11 is 0. The van der Waals surface area contributed by atoms with Gasteiger partial charge in [-0.25, -0.2) is 13.1 Å². The molecule has 0 aliphatic rings. The molecule has 0 aliphatic carbocycles. The van der Waals surface area contributed by atoms with Gasteiger partial charge in [0.05, 0.1) is 6.26 Å². The third-order valence-electron chi connectivity index (χ3n) is 2.47. The van der Waals surface area contributed by atoms with Crippen LogP contribution in [0.5, 0.6) is 5.75 Å². The topological polar surface area (TPSA) is 55.4 Å². The van der Waals surface area contributed by atoms with Gasteiger partial charge in [-0.2, -0.15) is 0 Å². The zero-order valence-electron chi connectivity index (χ0n) is 10.1. The molecule has 0 heterocycles. The van der Waals surface area contributed by atoms with E-state index >= 15 is 0 Å². The van der Waals surface area contributed by atoms with Gasteiger partial charge in [0.25, 0.3) is 0 Å². The number of hydrogen-bond acceptors (Lipinski definition) is 3. The highest BCUT2D eigenvalue weighted by Crippen LogP contribution is 2.24. The van der Waals surface area contributed by atoms with Crippen LogP contribution in [0.4, 0.5) is 0 Å². The van der Waals surface area contributed by atoms with Crippen LogP contribution in [0.15, 0.2) is 42.5 Å². The summed E-state index contributed by atoms with van der Waals surface area (Å²) in [7, 11) is -3.15. The van der Waals surface area contributed by atoms with Crippen LogP contribution in [0.3, 0.4) is 0 Å². The zero-order valence-corrected chi connectivity index (χ0v) is 10.9. The molecule has 0 saturated carbocycles. The fourth-order valence-electron chi connectivity index (χ4n) is 1.71. The number of benzene rings is 2. The van der Waals surface area contributed by atoms with Gasteiger partial charge in [-0.1, -0.05) is 36.4 Å². The maximum Gasteiger partial charge on any atom is 0.208 e. The molecule has 1 N–H and O–H groups in total. The predicted octanol–water partition coefficient (Wildman–Crippen LogP) is 1.77. The average molecular weight is 265 g/mol. The number of sulfonamides is 1. The third-order valence-corrected chi connectivity index (χ3v) is 3.20. The second-order valence-electron chi connectivity index (χ2n) is 3.99. The molecule has 4 nitrogen and oxygen atoms in total. The molecule has 0 bridgehead atoms. The Bertz CT molecular complexity index is 632. The smallest absolute Gasteiger partial charge is 0.208 e. The first-order chi connectivity index (χ1) is 8.56. The van der Waals surface area contributed by atoms with E-state index in [1.54, 1.807) is 0 Å². The Hall–Kier alpha value is -1.59. The summed E-state index contributed by atoms with van der Waals surface area (Å²) in [5, 5.41) is 2.13. The van der Waals surface area contributed by atoms with Crippen LogP contribution in [0.1, 0.15) is 0 Å². The maximum atomic E-state index is 10.9. The van der Waals surface area contributed by atoms with E-state index in [4.69, 9.17) is 4.74 Å². The summed E-state index contributed by atoms with van der Waals surface area (Å²) in [6, 6.07) is 13.7. The predicted molar refractivity (Wildman–Crippen MR) is 72.3 cm³/mol. The molecule has 0 unspecified atom stereocenters. The standard InChI is InChI=1S/C13H15NO3S/c1-18(15,16)14-9-10-17-13-8-4-6-11-5-2-3-7-12(11)13/h2-8,14H,9-10H2,1H3. The average Bonchev–Trinajstić information content (AvgIpc) is 2.33. The van der Waals surface area contributed by atoms with Crippen molar-refractivity contribution in [2.24, 2.45) is 0 Å². The van der Waals surface area contributed by atoms with Gasteiger partial charge in [-0.15, -0.1) is 0 Å². The van der Waals surface area contributed by atoms with Crippen molar-refractivity contribution in [2.75, 3.05) is 19.4 Å². The Labute approximate surface area is 107 Å². The molecule has 2 rings (SSSR count). The van der Waals surface area contributed by atoms with Gasteiger partial charge in [0.2, 0.25) is 10.0 Å². The van der Waals surface area contributed by atoms with Crippen molar-refractivity contribution < 1.29 is 13.2 Å². The summed E-state index contributed by atoms with van der Waals surface area (Å²) in [6.45, 7) is 0.573. The highest BCUT2D eigenvalue weighted by molar-refractivity contribution is 7.88. The largest absolute Gasteiger partial charge is 0.492 e. The van der Waals surface area contributed by atoms with Gasteiger partial charge in [0.15, 0.2) is 0 Å². The monoisotopic (exact) mass is 265 g/mol. The highest BCUT2D eigenvalue weighted by Gasteiger charge is 2.02. The normalized spacial score (nSPS) is 11.6. The third kappa shape index (κ3) is 3.45. The Balaban J connectivity index is 2.04. The number of fused-ring (bicyclic) bond motifs is 1. The van der Waals surface area contributed by atoms with E-state index in [-0.39, 0.29) is 6.54 Å². The molecule has 2 aromatic carbocycles. The molecule has 0 aromatic heterocycles. The molecular weight excluding hydrogens is 250 g/mol. The van der Waals surface area contributed by atoms with Crippen LogP contribution in [0.2, 0.25) is 0 Å². The van der Waals surface area contributed by atoms with Gasteiger partial charge in [0.1, 0.15) is 12.4 Å². The summed E-state index contributed by atoms with van der Waals surface area (Å²) in [5.74, 6) is 0.767. The zero-order chi connectivity index (χ0) is 13.0. The lowest BCUT2D eigenvalue weighted by molar-refractivity contribution is 0.326. The fourth-order valence-corrected chi connectivity index (χ4v) is 2.16. The van der Waals surface area contributed by atoms with E-state index in [0.717, 1.165) is 22.8 Å². The Morgan fingerprint density at radius 2 is 1.83 bits per heavy atom. The highest BCUT2D eigenvalue weighted by atomic mass is 32.2. The summed E-state index contributed by atoms with van der Waals surface area (Å²) in [4.78, 5) is 0. The van der Waals surface area contributed by atoms with E-state index in [9.17, 15) is 8.42 Å². The van der Waals surface area contributed by atoms with Crippen molar-refractivity contribution in [1.82, 2.24) is 4.72 Å². The molecule has 96 valence electrons. The summed E-state index contributed by atoms with van der Waals surface area (Å²) in [6.07, 6.45) is 1.13. The van der Waals surface area contributed by atoms with Crippen molar-refractivity contribution in [1.29, 1.82) is 0 Å². The van der Waals surface area contributed by atoms with Crippen molar-refractivity contribution >= 4 is 20.8 Å². The van der Waals surface area contributed by atoms with Gasteiger partial charge < -0.3 is 4.74 Å². The first kappa shape index (κ1) is 12.9. The molecule has 0 aliphatic heterocycles. The van der Waals surface area contributed by atoms with Crippen LogP contribution in [-0.4, -0.2) is 27.8 Å². The van der Waals surface area contributed by atoms with Crippen LogP contribution >= 0.6 is 0 Å². The van der Waals surface area contributed by atoms with E-state index in [1.165, 1.54) is 0 Å². The quantitative estimate of drug-likeness (QED) is 0.838. The second-order valence-corrected chi connectivity index (χ2v) is 5.83. The van der Waals surface area contributed by atoms with Crippen molar-refractivity contribution in [3.8, 4) is 5.75 Å². The molecule has 0 saturated heterocycles. The molecule has 18 heavy (non-hydrogen) atoms. The summed E-state index contributed by atoms with van der Waals surface area (Å²) < 4.78 is 29.8. The minimum Gasteiger partial charge on any atom is -0.492 e. The lowest BCUT2D eigenvalue weighted by Gasteiger charge is -2.09. The van der Waals surface area contributed by atoms with Gasteiger partial charge in [0, 0.05) is 11.9 Å². The minimum absolute atomic E-state index is 0.266. The minimum atomic E-state index is -3.15. The molecule has 0 radical (unpaired) electrons. The van der Waals surface area contributed by atoms with Gasteiger partial charge in [-0.05, 0) is 11.5 Å². The molecule has 0 spiro atoms. The van der Waals surface area contributed by atoms with Crippen molar-refractivity contribution in [2.45, 2.75) is 0 Å². The van der Waals surface area contributed by atoms with E-state index in [2.05, 4.69) is 4.72 Å². The number of hydrogen-bond donors (Lipinski definition) is 1. The van der Waals surface area contributed by atoms with E-state index < -0.39 is 10.0 Å². The van der Waals surface area contributed by atoms with Crippen LogP contribution in [0.25, 0.3) is 10.8 Å². The molecule has 5 heteroatoms. The fraction of sp³-hybridized carbons (Fsp3) is 0.231. The number of nitrogens with one attached hydrogen (secondary N) is 1. The number of rotatable bonds is 5. The van der Waals surface area contributed by atoms with Crippen LogP contribution < -0.4 is 9.46 Å². The molecule has 0 atom stereocenters. The van der Waals surface area contributed by atoms with Gasteiger partial charge in [-0.3, -0.25) is 0 Å². The number of ether oxygens (including phenoxy) is 1. The second kappa shape index (κ2) is 5.37. The molecule has 0 fully saturated rings. The van der Waals surface area contributed by atoms with Crippen molar-refractivity contribution in [3.63, 3.8) is 0 Å². The van der Waals surface area contributed by atoms with E-state index in [1.807, 2.05) is 42.5 Å². The first-order valence-electron chi connectivity index (χ1n) is 5.61. The summed E-state index contributed by atoms with van der Waals surface area (Å²) in [5.41, 5.74) is 0. The Kier molecular flexibility index (Phi) is 3.84. The van der Waals surface area contributed by atoms with Crippen molar-refractivity contribution in [3.05, 3.63) is 42.5 Å². The first-order valence-corrected chi connectivity index (χ1v) is 7.50. The van der Waals surface area contributed by atoms with Crippen LogP contribution in [0, 0.1) is 0 Å². The Morgan fingerprint density at radius 3 is 2.61 bits per heavy atom. The molecule has 0 amide bonds. The lowest BCUT2D eigenvalue weighted by atomic mass is 10.1. The SMILES string of the molecule is CS(=O)(=O)NCCOc1cccc2ccccc12. The maximum absolute atomic E-state index is 10.9. The Morgan fingerprint density at radius 1 is 1.11 bits per heavy atom. The van der Waals surface area contributed by atoms with Crippen LogP contribution in [-0.2, 0) is 10.0 Å².